The van der Waals surface area contributed by atoms with Crippen LogP contribution in [0.25, 0.3) is 0 Å². The Kier molecular flexibility index (Phi) is 7.44. The quantitative estimate of drug-likeness (QED) is 0.686. The highest BCUT2D eigenvalue weighted by molar-refractivity contribution is 6.02. The number of hydrogen-bond acceptors (Lipinski definition) is 7. The first-order chi connectivity index (χ1) is 13.9. The standard InChI is InChI=1S/C20H17N3O6/c1-28-20(27)15-4-2-3-5-16(15)23-18(25)12-29-19(26)13-6-8-14(9-7-13)22-17(24)10-11-21/h2-9H,10,12H2,1H3,(H,22,24)(H,23,25). The molecule has 0 radical (unpaired) electrons. The summed E-state index contributed by atoms with van der Waals surface area (Å²) in [5, 5.41) is 13.4. The summed E-state index contributed by atoms with van der Waals surface area (Å²) in [7, 11) is 1.23. The lowest BCUT2D eigenvalue weighted by Gasteiger charge is -2.10. The van der Waals surface area contributed by atoms with Crippen molar-refractivity contribution in [2.75, 3.05) is 24.4 Å². The van der Waals surface area contributed by atoms with Gasteiger partial charge in [0.15, 0.2) is 6.61 Å². The van der Waals surface area contributed by atoms with E-state index < -0.39 is 30.4 Å². The van der Waals surface area contributed by atoms with Crippen molar-refractivity contribution in [2.45, 2.75) is 6.42 Å². The third-order valence-electron chi connectivity index (χ3n) is 3.58. The number of methoxy groups -OCH3 is 1. The zero-order chi connectivity index (χ0) is 21.2. The molecule has 2 N–H and O–H groups in total. The summed E-state index contributed by atoms with van der Waals surface area (Å²) in [5.41, 5.74) is 0.992. The molecule has 9 nitrogen and oxygen atoms in total. The third kappa shape index (κ3) is 6.18. The van der Waals surface area contributed by atoms with E-state index in [4.69, 9.17) is 10.00 Å². The first kappa shape index (κ1) is 21.1. The second-order valence-corrected chi connectivity index (χ2v) is 5.62. The summed E-state index contributed by atoms with van der Waals surface area (Å²) < 4.78 is 9.59. The van der Waals surface area contributed by atoms with Crippen molar-refractivity contribution >= 4 is 35.1 Å². The number of ether oxygens (including phenoxy) is 2. The maximum atomic E-state index is 12.1. The van der Waals surface area contributed by atoms with Crippen LogP contribution in [-0.2, 0) is 19.1 Å². The lowest BCUT2D eigenvalue weighted by Crippen LogP contribution is -2.22. The number of carbonyl (C=O) groups is 4. The van der Waals surface area contributed by atoms with Gasteiger partial charge in [0.2, 0.25) is 5.91 Å². The molecule has 0 bridgehead atoms. The largest absolute Gasteiger partial charge is 0.465 e. The highest BCUT2D eigenvalue weighted by atomic mass is 16.5. The Balaban J connectivity index is 1.91. The van der Waals surface area contributed by atoms with E-state index in [0.29, 0.717) is 5.69 Å². The highest BCUT2D eigenvalue weighted by Gasteiger charge is 2.15. The van der Waals surface area contributed by atoms with Crippen LogP contribution in [0.3, 0.4) is 0 Å². The number of nitrogens with zero attached hydrogens (tertiary/aromatic N) is 1. The van der Waals surface area contributed by atoms with E-state index in [0.717, 1.165) is 0 Å². The van der Waals surface area contributed by atoms with Gasteiger partial charge in [-0.2, -0.15) is 5.26 Å². The van der Waals surface area contributed by atoms with Gasteiger partial charge in [-0.15, -0.1) is 0 Å². The van der Waals surface area contributed by atoms with Gasteiger partial charge in [0.25, 0.3) is 5.91 Å². The van der Waals surface area contributed by atoms with Gasteiger partial charge in [0, 0.05) is 5.69 Å². The van der Waals surface area contributed by atoms with E-state index in [1.165, 1.54) is 43.5 Å². The summed E-state index contributed by atoms with van der Waals surface area (Å²) in [6, 6.07) is 13.7. The molecule has 2 amide bonds. The summed E-state index contributed by atoms with van der Waals surface area (Å²) in [6.45, 7) is -0.561. The average Bonchev–Trinajstić information content (AvgIpc) is 2.72. The van der Waals surface area contributed by atoms with Crippen molar-refractivity contribution in [1.82, 2.24) is 0 Å². The van der Waals surface area contributed by atoms with Crippen molar-refractivity contribution in [3.05, 3.63) is 59.7 Å². The van der Waals surface area contributed by atoms with Gasteiger partial charge in [-0.25, -0.2) is 9.59 Å². The van der Waals surface area contributed by atoms with Crippen LogP contribution in [0.4, 0.5) is 11.4 Å². The van der Waals surface area contributed by atoms with Gasteiger partial charge in [-0.3, -0.25) is 9.59 Å². The second-order valence-electron chi connectivity index (χ2n) is 5.62. The van der Waals surface area contributed by atoms with Gasteiger partial charge in [-0.1, -0.05) is 12.1 Å². The van der Waals surface area contributed by atoms with Crippen molar-refractivity contribution < 1.29 is 28.7 Å². The number of para-hydroxylation sites is 1. The van der Waals surface area contributed by atoms with E-state index in [-0.39, 0.29) is 23.2 Å². The molecule has 0 saturated carbocycles. The molecule has 0 saturated heterocycles. The number of carbonyl (C=O) groups excluding carboxylic acids is 4. The Morgan fingerprint density at radius 3 is 2.28 bits per heavy atom. The van der Waals surface area contributed by atoms with Crippen molar-refractivity contribution in [2.24, 2.45) is 0 Å². The molecule has 29 heavy (non-hydrogen) atoms. The lowest BCUT2D eigenvalue weighted by atomic mass is 10.2. The van der Waals surface area contributed by atoms with Crippen LogP contribution in [0.15, 0.2) is 48.5 Å². The Labute approximate surface area is 166 Å². The maximum absolute atomic E-state index is 12.1. The molecule has 0 unspecified atom stereocenters. The number of amides is 2. The Bertz CT molecular complexity index is 963. The minimum atomic E-state index is -0.740. The van der Waals surface area contributed by atoms with Crippen molar-refractivity contribution in [3.63, 3.8) is 0 Å². The molecule has 0 fully saturated rings. The fourth-order valence-electron chi connectivity index (χ4n) is 2.25. The Morgan fingerprint density at radius 1 is 0.931 bits per heavy atom. The van der Waals surface area contributed by atoms with Gasteiger partial charge in [-0.05, 0) is 36.4 Å². The number of rotatable bonds is 7. The molecule has 148 valence electrons. The molecule has 0 aliphatic rings. The van der Waals surface area contributed by atoms with Gasteiger partial charge in [0.05, 0.1) is 30.0 Å². The topological polar surface area (TPSA) is 135 Å². The van der Waals surface area contributed by atoms with Crippen LogP contribution >= 0.6 is 0 Å². The van der Waals surface area contributed by atoms with E-state index >= 15 is 0 Å². The molecule has 0 aliphatic carbocycles. The molecular formula is C20H17N3O6. The number of hydrogen-bond donors (Lipinski definition) is 2. The maximum Gasteiger partial charge on any atom is 0.339 e. The van der Waals surface area contributed by atoms with E-state index in [2.05, 4.69) is 15.4 Å². The number of nitriles is 1. The molecule has 0 aliphatic heterocycles. The molecule has 2 aromatic rings. The highest BCUT2D eigenvalue weighted by Crippen LogP contribution is 2.16. The van der Waals surface area contributed by atoms with Crippen molar-refractivity contribution in [3.8, 4) is 6.07 Å². The molecule has 2 aromatic carbocycles. The monoisotopic (exact) mass is 395 g/mol. The van der Waals surface area contributed by atoms with Crippen LogP contribution in [-0.4, -0.2) is 37.5 Å². The average molecular weight is 395 g/mol. The van der Waals surface area contributed by atoms with Crippen molar-refractivity contribution in [1.29, 1.82) is 5.26 Å². The lowest BCUT2D eigenvalue weighted by molar-refractivity contribution is -0.119. The Morgan fingerprint density at radius 2 is 1.62 bits per heavy atom. The minimum absolute atomic E-state index is 0.170. The predicted molar refractivity (Wildman–Crippen MR) is 102 cm³/mol. The molecule has 0 heterocycles. The number of anilines is 2. The molecule has 0 aromatic heterocycles. The smallest absolute Gasteiger partial charge is 0.339 e. The van der Waals surface area contributed by atoms with Crippen LogP contribution in [0.1, 0.15) is 27.1 Å². The number of nitrogens with one attached hydrogen (secondary N) is 2. The fraction of sp³-hybridized carbons (Fsp3) is 0.150. The van der Waals surface area contributed by atoms with Gasteiger partial charge >= 0.3 is 11.9 Å². The molecule has 0 spiro atoms. The molecule has 9 heteroatoms. The molecule has 2 rings (SSSR count). The fourth-order valence-corrected chi connectivity index (χ4v) is 2.25. The number of esters is 2. The number of benzene rings is 2. The zero-order valence-electron chi connectivity index (χ0n) is 15.4. The van der Waals surface area contributed by atoms with Gasteiger partial charge < -0.3 is 20.1 Å². The molecular weight excluding hydrogens is 378 g/mol. The van der Waals surface area contributed by atoms with E-state index in [1.54, 1.807) is 18.2 Å². The predicted octanol–water partition coefficient (Wildman–Crippen LogP) is 2.12. The first-order valence-electron chi connectivity index (χ1n) is 8.35. The van der Waals surface area contributed by atoms with Gasteiger partial charge in [0.1, 0.15) is 6.42 Å². The Hall–Kier alpha value is -4.19. The SMILES string of the molecule is COC(=O)c1ccccc1NC(=O)COC(=O)c1ccc(NC(=O)CC#N)cc1. The normalized spacial score (nSPS) is 9.66. The summed E-state index contributed by atoms with van der Waals surface area (Å²) >= 11 is 0. The summed E-state index contributed by atoms with van der Waals surface area (Å²) in [4.78, 5) is 47.1. The van der Waals surface area contributed by atoms with Crippen LogP contribution < -0.4 is 10.6 Å². The van der Waals surface area contributed by atoms with Crippen LogP contribution in [0.2, 0.25) is 0 Å². The van der Waals surface area contributed by atoms with Crippen LogP contribution in [0.5, 0.6) is 0 Å². The second kappa shape index (κ2) is 10.2. The minimum Gasteiger partial charge on any atom is -0.465 e. The van der Waals surface area contributed by atoms with E-state index in [1.807, 2.05) is 0 Å². The summed E-state index contributed by atoms with van der Waals surface area (Å²) in [5.74, 6) is -2.45. The summed E-state index contributed by atoms with van der Waals surface area (Å²) in [6.07, 6.45) is -0.280. The molecule has 0 atom stereocenters. The van der Waals surface area contributed by atoms with Crippen LogP contribution in [0, 0.1) is 11.3 Å². The van der Waals surface area contributed by atoms with E-state index in [9.17, 15) is 19.2 Å². The zero-order valence-corrected chi connectivity index (χ0v) is 15.4. The first-order valence-corrected chi connectivity index (χ1v) is 8.35. The third-order valence-corrected chi connectivity index (χ3v) is 3.58.